The maximum Gasteiger partial charge on any atom is 0.233 e. The van der Waals surface area contributed by atoms with Gasteiger partial charge in [-0.25, -0.2) is 0 Å². The van der Waals surface area contributed by atoms with Gasteiger partial charge in [-0.15, -0.1) is 0 Å². The molecule has 1 N–H and O–H groups in total. The van der Waals surface area contributed by atoms with Gasteiger partial charge in [-0.2, -0.15) is 17.9 Å². The van der Waals surface area contributed by atoms with Crippen molar-refractivity contribution in [2.45, 2.75) is 30.9 Å². The van der Waals surface area contributed by atoms with Gasteiger partial charge in [0.2, 0.25) is 5.91 Å². The fourth-order valence-electron chi connectivity index (χ4n) is 1.96. The number of allylic oxidation sites excluding steroid dienone is 1. The molecule has 1 aromatic carbocycles. The van der Waals surface area contributed by atoms with Crippen LogP contribution in [0, 0.1) is 11.3 Å². The molecule has 0 aliphatic heterocycles. The summed E-state index contributed by atoms with van der Waals surface area (Å²) in [4.78, 5) is 12.2. The molecular formula is C16H19ClN2OS. The first-order valence-electron chi connectivity index (χ1n) is 6.81. The smallest absolute Gasteiger partial charge is 0.233 e. The van der Waals surface area contributed by atoms with E-state index in [0.717, 1.165) is 18.4 Å². The maximum atomic E-state index is 12.2. The second-order valence-corrected chi connectivity index (χ2v) is 5.75. The molecule has 1 amide bonds. The van der Waals surface area contributed by atoms with E-state index in [-0.39, 0.29) is 5.91 Å². The van der Waals surface area contributed by atoms with E-state index in [1.54, 1.807) is 24.3 Å². The maximum absolute atomic E-state index is 12.2. The average Bonchev–Trinajstić information content (AvgIpc) is 2.49. The van der Waals surface area contributed by atoms with E-state index in [0.29, 0.717) is 17.1 Å². The SMILES string of the molecule is C=C(C#N)[C@H](c1ccc(Cl)cc1)[C@@H](S)C(=O)NCCCC. The van der Waals surface area contributed by atoms with Crippen molar-refractivity contribution in [3.05, 3.63) is 47.0 Å². The van der Waals surface area contributed by atoms with Crippen molar-refractivity contribution in [3.63, 3.8) is 0 Å². The number of benzene rings is 1. The van der Waals surface area contributed by atoms with Gasteiger partial charge in [-0.3, -0.25) is 4.79 Å². The van der Waals surface area contributed by atoms with Gasteiger partial charge in [-0.05, 0) is 24.1 Å². The Bertz CT molecular complexity index is 536. The fourth-order valence-corrected chi connectivity index (χ4v) is 2.53. The Morgan fingerprint density at radius 2 is 2.10 bits per heavy atom. The second kappa shape index (κ2) is 8.76. The minimum Gasteiger partial charge on any atom is -0.355 e. The summed E-state index contributed by atoms with van der Waals surface area (Å²) in [6.45, 7) is 6.41. The predicted molar refractivity (Wildman–Crippen MR) is 89.6 cm³/mol. The molecule has 1 aromatic rings. The van der Waals surface area contributed by atoms with E-state index in [9.17, 15) is 4.79 Å². The molecular weight excluding hydrogens is 304 g/mol. The van der Waals surface area contributed by atoms with Crippen LogP contribution in [0.4, 0.5) is 0 Å². The molecule has 0 fully saturated rings. The fraction of sp³-hybridized carbons (Fsp3) is 0.375. The van der Waals surface area contributed by atoms with Crippen LogP contribution in [0.25, 0.3) is 0 Å². The van der Waals surface area contributed by atoms with Crippen LogP contribution in [0.3, 0.4) is 0 Å². The van der Waals surface area contributed by atoms with Crippen molar-refractivity contribution in [3.8, 4) is 6.07 Å². The third-order valence-electron chi connectivity index (χ3n) is 3.16. The van der Waals surface area contributed by atoms with Gasteiger partial charge in [0.15, 0.2) is 0 Å². The van der Waals surface area contributed by atoms with Crippen molar-refractivity contribution in [1.82, 2.24) is 5.32 Å². The van der Waals surface area contributed by atoms with Crippen LogP contribution >= 0.6 is 24.2 Å². The summed E-state index contributed by atoms with van der Waals surface area (Å²) in [7, 11) is 0. The van der Waals surface area contributed by atoms with Crippen LogP contribution in [-0.4, -0.2) is 17.7 Å². The predicted octanol–water partition coefficient (Wildman–Crippen LogP) is 3.72. The summed E-state index contributed by atoms with van der Waals surface area (Å²) < 4.78 is 0. The summed E-state index contributed by atoms with van der Waals surface area (Å²) in [6, 6.07) is 9.06. The number of unbranched alkanes of at least 4 members (excludes halogenated alkanes) is 1. The standard InChI is InChI=1S/C16H19ClN2OS/c1-3-4-9-19-16(20)15(21)14(11(2)10-18)12-5-7-13(17)8-6-12/h5-8,14-15,21H,2-4,9H2,1H3,(H,19,20)/t14-,15-/m1/s1. The zero-order valence-corrected chi connectivity index (χ0v) is 13.6. The lowest BCUT2D eigenvalue weighted by atomic mass is 9.89. The molecule has 112 valence electrons. The van der Waals surface area contributed by atoms with Gasteiger partial charge in [0.25, 0.3) is 0 Å². The number of carbonyl (C=O) groups excluding carboxylic acids is 1. The van der Waals surface area contributed by atoms with Crippen molar-refractivity contribution in [1.29, 1.82) is 5.26 Å². The van der Waals surface area contributed by atoms with Crippen LogP contribution in [0.1, 0.15) is 31.2 Å². The first-order chi connectivity index (χ1) is 10.0. The van der Waals surface area contributed by atoms with Crippen molar-refractivity contribution in [2.24, 2.45) is 0 Å². The molecule has 0 aliphatic rings. The lowest BCUT2D eigenvalue weighted by molar-refractivity contribution is -0.120. The first-order valence-corrected chi connectivity index (χ1v) is 7.70. The molecule has 0 saturated heterocycles. The van der Waals surface area contributed by atoms with E-state index < -0.39 is 11.2 Å². The first kappa shape index (κ1) is 17.6. The van der Waals surface area contributed by atoms with Gasteiger partial charge < -0.3 is 5.32 Å². The van der Waals surface area contributed by atoms with Crippen molar-refractivity contribution in [2.75, 3.05) is 6.54 Å². The van der Waals surface area contributed by atoms with Crippen molar-refractivity contribution < 1.29 is 4.79 Å². The van der Waals surface area contributed by atoms with E-state index >= 15 is 0 Å². The number of nitriles is 1. The van der Waals surface area contributed by atoms with Gasteiger partial charge in [0.1, 0.15) is 0 Å². The van der Waals surface area contributed by atoms with Gasteiger partial charge in [0.05, 0.1) is 11.3 Å². The van der Waals surface area contributed by atoms with Crippen LogP contribution in [-0.2, 0) is 4.79 Å². The van der Waals surface area contributed by atoms with Gasteiger partial charge >= 0.3 is 0 Å². The van der Waals surface area contributed by atoms with E-state index in [1.165, 1.54) is 0 Å². The molecule has 0 aromatic heterocycles. The molecule has 0 spiro atoms. The van der Waals surface area contributed by atoms with Crippen molar-refractivity contribution >= 4 is 30.1 Å². The zero-order valence-electron chi connectivity index (χ0n) is 12.0. The van der Waals surface area contributed by atoms with Gasteiger partial charge in [-0.1, -0.05) is 43.7 Å². The Balaban J connectivity index is 2.92. The molecule has 1 rings (SSSR count). The Morgan fingerprint density at radius 3 is 2.62 bits per heavy atom. The summed E-state index contributed by atoms with van der Waals surface area (Å²) in [5.41, 5.74) is 1.11. The number of nitrogens with one attached hydrogen (secondary N) is 1. The molecule has 0 radical (unpaired) electrons. The minimum absolute atomic E-state index is 0.192. The quantitative estimate of drug-likeness (QED) is 0.456. The molecule has 21 heavy (non-hydrogen) atoms. The molecule has 0 saturated carbocycles. The Hall–Kier alpha value is -1.44. The Kier molecular flexibility index (Phi) is 7.35. The highest BCUT2D eigenvalue weighted by Crippen LogP contribution is 2.30. The van der Waals surface area contributed by atoms with Crippen LogP contribution in [0.2, 0.25) is 5.02 Å². The molecule has 2 atom stereocenters. The molecule has 0 unspecified atom stereocenters. The number of carbonyl (C=O) groups is 1. The Morgan fingerprint density at radius 1 is 1.48 bits per heavy atom. The second-order valence-electron chi connectivity index (χ2n) is 4.76. The van der Waals surface area contributed by atoms with E-state index in [1.807, 2.05) is 6.07 Å². The zero-order chi connectivity index (χ0) is 15.8. The number of halogens is 1. The number of hydrogen-bond acceptors (Lipinski definition) is 3. The van der Waals surface area contributed by atoms with E-state index in [2.05, 4.69) is 31.4 Å². The van der Waals surface area contributed by atoms with Crippen LogP contribution in [0.15, 0.2) is 36.4 Å². The van der Waals surface area contributed by atoms with Crippen LogP contribution < -0.4 is 5.32 Å². The summed E-state index contributed by atoms with van der Waals surface area (Å²) in [5, 5.41) is 11.9. The lowest BCUT2D eigenvalue weighted by Gasteiger charge is -2.22. The van der Waals surface area contributed by atoms with Gasteiger partial charge in [0, 0.05) is 23.1 Å². The molecule has 0 bridgehead atoms. The number of rotatable bonds is 7. The largest absolute Gasteiger partial charge is 0.355 e. The number of thiol groups is 1. The molecule has 0 heterocycles. The highest BCUT2D eigenvalue weighted by atomic mass is 35.5. The highest BCUT2D eigenvalue weighted by Gasteiger charge is 2.28. The number of amides is 1. The third kappa shape index (κ3) is 5.11. The third-order valence-corrected chi connectivity index (χ3v) is 3.95. The molecule has 0 aliphatic carbocycles. The number of nitrogens with zero attached hydrogens (tertiary/aromatic N) is 1. The monoisotopic (exact) mass is 322 g/mol. The highest BCUT2D eigenvalue weighted by molar-refractivity contribution is 7.81. The summed E-state index contributed by atoms with van der Waals surface area (Å²) in [5.74, 6) is -0.652. The average molecular weight is 323 g/mol. The Labute approximate surface area is 136 Å². The summed E-state index contributed by atoms with van der Waals surface area (Å²) in [6.07, 6.45) is 1.92. The molecule has 5 heteroatoms. The molecule has 3 nitrogen and oxygen atoms in total. The summed E-state index contributed by atoms with van der Waals surface area (Å²) >= 11 is 10.3. The topological polar surface area (TPSA) is 52.9 Å². The van der Waals surface area contributed by atoms with E-state index in [4.69, 9.17) is 16.9 Å². The van der Waals surface area contributed by atoms with Crippen LogP contribution in [0.5, 0.6) is 0 Å². The normalized spacial score (nSPS) is 13.0. The lowest BCUT2D eigenvalue weighted by Crippen LogP contribution is -2.36. The minimum atomic E-state index is -0.657. The number of hydrogen-bond donors (Lipinski definition) is 2.